The van der Waals surface area contributed by atoms with Gasteiger partial charge in [-0.2, -0.15) is 0 Å². The van der Waals surface area contributed by atoms with Crippen molar-refractivity contribution in [2.24, 2.45) is 0 Å². The maximum atomic E-state index is 11.2. The summed E-state index contributed by atoms with van der Waals surface area (Å²) in [6.07, 6.45) is -0.847. The lowest BCUT2D eigenvalue weighted by atomic mass is 9.79. The molecule has 0 bridgehead atoms. The molecule has 0 saturated heterocycles. The Balaban J connectivity index is 2.52. The van der Waals surface area contributed by atoms with Crippen molar-refractivity contribution < 1.29 is 24.9 Å². The van der Waals surface area contributed by atoms with Crippen molar-refractivity contribution in [2.45, 2.75) is 139 Å². The Morgan fingerprint density at radius 3 is 1.43 bits per heavy atom. The monoisotopic (exact) mass is 647 g/mol. The number of carboxylic acids is 1. The molecule has 0 radical (unpaired) electrons. The summed E-state index contributed by atoms with van der Waals surface area (Å²) >= 11 is 3.61. The van der Waals surface area contributed by atoms with E-state index in [0.717, 1.165) is 37.8 Å². The molecular weight excluding hydrogens is 591 g/mol. The fourth-order valence-electron chi connectivity index (χ4n) is 4.91. The zero-order valence-corrected chi connectivity index (χ0v) is 31.1. The van der Waals surface area contributed by atoms with E-state index in [1.165, 1.54) is 0 Å². The fraction of sp³-hybridized carbons (Fsp3) is 0.639. The van der Waals surface area contributed by atoms with E-state index in [-0.39, 0.29) is 45.4 Å². The van der Waals surface area contributed by atoms with Crippen molar-refractivity contribution in [3.63, 3.8) is 0 Å². The Labute approximate surface area is 275 Å². The van der Waals surface area contributed by atoms with Gasteiger partial charge >= 0.3 is 5.97 Å². The highest BCUT2D eigenvalue weighted by Crippen LogP contribution is 2.51. The third-order valence-electron chi connectivity index (χ3n) is 7.18. The Morgan fingerprint density at radius 1 is 0.727 bits per heavy atom. The van der Waals surface area contributed by atoms with E-state index in [1.807, 2.05) is 11.8 Å². The summed E-state index contributed by atoms with van der Waals surface area (Å²) in [4.78, 5) is 13.1. The van der Waals surface area contributed by atoms with Gasteiger partial charge in [0.25, 0.3) is 0 Å². The first-order chi connectivity index (χ1) is 19.7. The largest absolute Gasteiger partial charge is 0.507 e. The zero-order chi connectivity index (χ0) is 34.1. The summed E-state index contributed by atoms with van der Waals surface area (Å²) in [5, 5.41) is 33.4. The van der Waals surface area contributed by atoms with Crippen LogP contribution in [0.5, 0.6) is 11.5 Å². The number of aliphatic hydroxyl groups is 1. The second kappa shape index (κ2) is 13.9. The fourth-order valence-corrected chi connectivity index (χ4v) is 7.50. The first-order valence-electron chi connectivity index (χ1n) is 15.4. The summed E-state index contributed by atoms with van der Waals surface area (Å²) in [6, 6.07) is 8.72. The van der Waals surface area contributed by atoms with Crippen molar-refractivity contribution in [3.05, 3.63) is 46.5 Å². The molecule has 1 atom stereocenters. The molecule has 0 aliphatic rings. The topological polar surface area (TPSA) is 99.0 Å². The Bertz CT molecular complexity index is 1240. The highest BCUT2D eigenvalue weighted by atomic mass is 32.2. The van der Waals surface area contributed by atoms with Gasteiger partial charge in [-0.25, -0.2) is 0 Å². The average Bonchev–Trinajstić information content (AvgIpc) is 2.80. The number of aromatic hydroxyl groups is 1. The molecule has 0 saturated carbocycles. The van der Waals surface area contributed by atoms with Crippen LogP contribution in [0.1, 0.15) is 119 Å². The summed E-state index contributed by atoms with van der Waals surface area (Å²) in [7, 11) is 0. The lowest BCUT2D eigenvalue weighted by Gasteiger charge is -2.33. The molecule has 1 unspecified atom stereocenters. The van der Waals surface area contributed by atoms with E-state index >= 15 is 0 Å². The number of hydrogen-bond donors (Lipinski definition) is 4. The molecule has 2 aromatic rings. The van der Waals surface area contributed by atoms with Crippen molar-refractivity contribution >= 4 is 29.5 Å². The van der Waals surface area contributed by atoms with Crippen LogP contribution in [0.2, 0.25) is 0 Å². The van der Waals surface area contributed by atoms with Crippen LogP contribution in [0.15, 0.2) is 34.1 Å². The van der Waals surface area contributed by atoms with Crippen LogP contribution in [0, 0.1) is 0 Å². The molecule has 44 heavy (non-hydrogen) atoms. The molecule has 2 rings (SSSR count). The summed E-state index contributed by atoms with van der Waals surface area (Å²) < 4.78 is 6.11. The molecule has 0 aliphatic heterocycles. The van der Waals surface area contributed by atoms with E-state index < -0.39 is 12.1 Å². The van der Waals surface area contributed by atoms with Crippen LogP contribution in [-0.2, 0) is 26.5 Å². The highest BCUT2D eigenvalue weighted by Gasteiger charge is 2.32. The van der Waals surface area contributed by atoms with Crippen LogP contribution in [-0.4, -0.2) is 51.2 Å². The molecule has 0 aliphatic carbocycles. The number of phenols is 1. The number of rotatable bonds is 11. The predicted octanol–water partition coefficient (Wildman–Crippen LogP) is 8.62. The van der Waals surface area contributed by atoms with Gasteiger partial charge in [0.1, 0.15) is 24.2 Å². The minimum Gasteiger partial charge on any atom is -0.507 e. The van der Waals surface area contributed by atoms with Crippen LogP contribution < -0.4 is 10.1 Å². The van der Waals surface area contributed by atoms with Gasteiger partial charge in [0.05, 0.1) is 10.6 Å². The number of nitrogens with one attached hydrogen (secondary N) is 1. The van der Waals surface area contributed by atoms with Crippen molar-refractivity contribution in [1.82, 2.24) is 5.32 Å². The standard InChI is InChI=1S/C36H57NO5S2/c1-32(2,3)25-15-23(16-26(30(25)41)33(4,5)6)43-36(13,14)44-24-17-27(34(7,8)9)31(28(18-24)35(10,11)12)42-21-22(38)19-37-20-29(39)40/h15-18,22,37-38,41H,19-21H2,1-14H3,(H,39,40). The number of phenolic OH excluding ortho intramolecular Hbond substituents is 1. The molecule has 4 N–H and O–H groups in total. The molecule has 0 heterocycles. The maximum Gasteiger partial charge on any atom is 0.317 e. The van der Waals surface area contributed by atoms with E-state index in [0.29, 0.717) is 5.75 Å². The molecule has 248 valence electrons. The molecule has 2 aromatic carbocycles. The van der Waals surface area contributed by atoms with Crippen molar-refractivity contribution in [1.29, 1.82) is 0 Å². The number of hydrogen-bond acceptors (Lipinski definition) is 7. The number of thioether (sulfide) groups is 2. The van der Waals surface area contributed by atoms with Gasteiger partial charge in [-0.05, 0) is 59.8 Å². The first-order valence-corrected chi connectivity index (χ1v) is 17.0. The van der Waals surface area contributed by atoms with Crippen LogP contribution in [0.25, 0.3) is 0 Å². The van der Waals surface area contributed by atoms with Gasteiger partial charge in [0.2, 0.25) is 0 Å². The third kappa shape index (κ3) is 10.9. The molecule has 0 aromatic heterocycles. The average molecular weight is 648 g/mol. The smallest absolute Gasteiger partial charge is 0.317 e. The quantitative estimate of drug-likeness (QED) is 0.142. The van der Waals surface area contributed by atoms with Crippen LogP contribution in [0.4, 0.5) is 0 Å². The Morgan fingerprint density at radius 2 is 1.09 bits per heavy atom. The Hall–Kier alpha value is -1.87. The Kier molecular flexibility index (Phi) is 12.1. The van der Waals surface area contributed by atoms with Crippen LogP contribution >= 0.6 is 23.5 Å². The minimum atomic E-state index is -0.966. The third-order valence-corrected chi connectivity index (χ3v) is 9.61. The number of carboxylic acid groups (broad SMARTS) is 1. The van der Waals surface area contributed by atoms with E-state index in [2.05, 4.69) is 127 Å². The first kappa shape index (κ1) is 38.3. The minimum absolute atomic E-state index is 0.0552. The number of ether oxygens (including phenoxy) is 1. The molecule has 0 fully saturated rings. The molecular formula is C36H57NO5S2. The second-order valence-electron chi connectivity index (χ2n) is 16.3. The molecule has 0 amide bonds. The van der Waals surface area contributed by atoms with Crippen LogP contribution in [0.3, 0.4) is 0 Å². The van der Waals surface area contributed by atoms with E-state index in [9.17, 15) is 15.0 Å². The predicted molar refractivity (Wildman–Crippen MR) is 187 cm³/mol. The van der Waals surface area contributed by atoms with Crippen molar-refractivity contribution in [2.75, 3.05) is 19.7 Å². The SMILES string of the molecule is CC(C)(Sc1cc(C(C)(C)C)c(O)c(C(C)(C)C)c1)Sc1cc(C(C)(C)C)c(OCC(O)CNCC(=O)O)c(C(C)(C)C)c1. The van der Waals surface area contributed by atoms with Gasteiger partial charge in [-0.1, -0.05) is 83.1 Å². The lowest BCUT2D eigenvalue weighted by molar-refractivity contribution is -0.136. The van der Waals surface area contributed by atoms with Gasteiger partial charge in [-0.3, -0.25) is 4.79 Å². The number of aliphatic carboxylic acids is 1. The second-order valence-corrected chi connectivity index (χ2v) is 20.0. The highest BCUT2D eigenvalue weighted by molar-refractivity contribution is 8.18. The lowest BCUT2D eigenvalue weighted by Crippen LogP contribution is -2.35. The molecule has 0 spiro atoms. The number of benzene rings is 2. The van der Waals surface area contributed by atoms with E-state index in [1.54, 1.807) is 11.8 Å². The summed E-state index contributed by atoms with van der Waals surface area (Å²) in [5.41, 5.74) is 3.20. The summed E-state index contributed by atoms with van der Waals surface area (Å²) in [5.74, 6) is 0.204. The number of carbonyl (C=O) groups is 1. The zero-order valence-electron chi connectivity index (χ0n) is 29.5. The van der Waals surface area contributed by atoms with Gasteiger partial charge in [0.15, 0.2) is 0 Å². The van der Waals surface area contributed by atoms with Gasteiger partial charge in [0, 0.05) is 38.6 Å². The maximum absolute atomic E-state index is 11.2. The summed E-state index contributed by atoms with van der Waals surface area (Å²) in [6.45, 7) is 30.3. The molecule has 8 heteroatoms. The van der Waals surface area contributed by atoms with Gasteiger partial charge < -0.3 is 25.4 Å². The van der Waals surface area contributed by atoms with Crippen molar-refractivity contribution in [3.8, 4) is 11.5 Å². The number of aliphatic hydroxyl groups excluding tert-OH is 1. The van der Waals surface area contributed by atoms with Gasteiger partial charge in [-0.15, -0.1) is 23.5 Å². The van der Waals surface area contributed by atoms with E-state index in [4.69, 9.17) is 9.84 Å². The normalized spacial score (nSPS) is 14.1. The molecule has 6 nitrogen and oxygen atoms in total.